The summed E-state index contributed by atoms with van der Waals surface area (Å²) in [5.41, 5.74) is 0. The van der Waals surface area contributed by atoms with Crippen molar-refractivity contribution < 1.29 is 33.4 Å². The summed E-state index contributed by atoms with van der Waals surface area (Å²) in [5, 5.41) is 15.8. The fraction of sp³-hybridized carbons (Fsp3) is 1.00. The summed E-state index contributed by atoms with van der Waals surface area (Å²) in [6.07, 6.45) is 1.75. The van der Waals surface area contributed by atoms with Crippen molar-refractivity contribution in [2.45, 2.75) is 26.7 Å². The van der Waals surface area contributed by atoms with Crippen molar-refractivity contribution in [3.8, 4) is 0 Å². The minimum absolute atomic E-state index is 0. The number of rotatable bonds is 2. The van der Waals surface area contributed by atoms with Gasteiger partial charge >= 0.3 is 23.2 Å². The van der Waals surface area contributed by atoms with Crippen LogP contribution in [-0.2, 0) is 23.2 Å². The predicted molar refractivity (Wildman–Crippen MR) is 49.9 cm³/mol. The summed E-state index contributed by atoms with van der Waals surface area (Å²) in [6, 6.07) is 0. The summed E-state index contributed by atoms with van der Waals surface area (Å²) in [4.78, 5) is 0. The van der Waals surface area contributed by atoms with E-state index in [0.29, 0.717) is 33.0 Å². The molecule has 12 heavy (non-hydrogen) atoms. The van der Waals surface area contributed by atoms with Crippen LogP contribution in [-0.4, -0.2) is 23.4 Å². The van der Waals surface area contributed by atoms with Crippen LogP contribution in [0, 0.1) is 0 Å². The van der Waals surface area contributed by atoms with Crippen LogP contribution in [0.1, 0.15) is 26.7 Å². The van der Waals surface area contributed by atoms with Crippen LogP contribution >= 0.6 is 24.8 Å². The van der Waals surface area contributed by atoms with E-state index in [4.69, 9.17) is 13.6 Å². The summed E-state index contributed by atoms with van der Waals surface area (Å²) in [5.74, 6) is 0. The third-order valence-corrected chi connectivity index (χ3v) is 0.447. The number of hydrogen-bond acceptors (Lipinski definition) is 3. The molecule has 0 aromatic carbocycles. The van der Waals surface area contributed by atoms with Crippen LogP contribution in [0.15, 0.2) is 0 Å². The minimum atomic E-state index is 0. The zero-order valence-electron chi connectivity index (χ0n) is 7.36. The van der Waals surface area contributed by atoms with Crippen molar-refractivity contribution in [3.05, 3.63) is 0 Å². The summed E-state index contributed by atoms with van der Waals surface area (Å²) < 4.78 is 8.33. The average Bonchev–Trinajstić information content (AvgIpc) is 2.08. The van der Waals surface area contributed by atoms with Gasteiger partial charge in [0.15, 0.2) is 0 Å². The fourth-order valence-electron chi connectivity index (χ4n) is 0. The molecule has 0 aliphatic rings. The van der Waals surface area contributed by atoms with E-state index in [1.165, 1.54) is 0 Å². The molecule has 0 saturated carbocycles. The zero-order valence-corrected chi connectivity index (χ0v) is 11.9. The van der Waals surface area contributed by atoms with E-state index in [1.807, 2.05) is 13.8 Å². The Bertz CT molecular complexity index is 36.0. The van der Waals surface area contributed by atoms with Gasteiger partial charge in [0.25, 0.3) is 0 Å². The number of aliphatic hydroxyl groups excluding tert-OH is 2. The molecule has 0 unspecified atom stereocenters. The molecule has 80 valence electrons. The van der Waals surface area contributed by atoms with Gasteiger partial charge in [0.05, 0.1) is 0 Å². The summed E-state index contributed by atoms with van der Waals surface area (Å²) in [6.45, 7) is 4.50. The van der Waals surface area contributed by atoms with Gasteiger partial charge in [-0.2, -0.15) is 0 Å². The molecule has 0 radical (unpaired) electrons. The van der Waals surface area contributed by atoms with E-state index in [9.17, 15) is 0 Å². The summed E-state index contributed by atoms with van der Waals surface area (Å²) >= 11 is 0.333. The molecular weight excluding hydrogens is 375 g/mol. The van der Waals surface area contributed by atoms with Crippen molar-refractivity contribution >= 4 is 24.8 Å². The molecule has 0 atom stereocenters. The summed E-state index contributed by atoms with van der Waals surface area (Å²) in [7, 11) is 0. The topological polar surface area (TPSA) is 57.5 Å². The Balaban J connectivity index is -0.0000000198. The Morgan fingerprint density at radius 3 is 1.00 bits per heavy atom. The van der Waals surface area contributed by atoms with Gasteiger partial charge in [0.1, 0.15) is 0 Å². The normalized spacial score (nSPS) is 5.33. The maximum atomic E-state index is 8.33. The number of hydrogen-bond donors (Lipinski definition) is 2. The fourth-order valence-corrected chi connectivity index (χ4v) is 0. The molecule has 0 rings (SSSR count). The van der Waals surface area contributed by atoms with Crippen LogP contribution in [0.4, 0.5) is 0 Å². The monoisotopic (exact) mass is 392 g/mol. The molecule has 0 spiro atoms. The molecule has 0 bridgehead atoms. The van der Waals surface area contributed by atoms with E-state index in [0.717, 1.165) is 12.8 Å². The van der Waals surface area contributed by atoms with Gasteiger partial charge in [-0.25, -0.2) is 0 Å². The van der Waals surface area contributed by atoms with Crippen LogP contribution in [0.5, 0.6) is 0 Å². The third-order valence-electron chi connectivity index (χ3n) is 0.447. The van der Waals surface area contributed by atoms with Crippen molar-refractivity contribution in [2.24, 2.45) is 0 Å². The van der Waals surface area contributed by atoms with Gasteiger partial charge in [-0.15, -0.1) is 24.8 Å². The molecule has 2 N–H and O–H groups in total. The Morgan fingerprint density at radius 1 is 0.917 bits per heavy atom. The van der Waals surface area contributed by atoms with Gasteiger partial charge < -0.3 is 10.2 Å². The number of halogens is 2. The molecule has 0 aromatic rings. The molecule has 0 amide bonds. The molecule has 0 saturated heterocycles. The van der Waals surface area contributed by atoms with Gasteiger partial charge in [0.2, 0.25) is 0 Å². The standard InChI is InChI=1S/2C3H8O.2ClH.O.W/c2*1-2-3-4;;;;/h2*4H,2-3H2,1H3;2*1H;;. The molecule has 0 fully saturated rings. The number of aliphatic hydroxyl groups is 2. The Morgan fingerprint density at radius 2 is 1.00 bits per heavy atom. The van der Waals surface area contributed by atoms with E-state index in [2.05, 4.69) is 0 Å². The molecule has 3 nitrogen and oxygen atoms in total. The Labute approximate surface area is 98.0 Å². The van der Waals surface area contributed by atoms with Gasteiger partial charge in [-0.1, -0.05) is 13.8 Å². The Kier molecular flexibility index (Phi) is 142. The molecule has 0 aliphatic heterocycles. The second kappa shape index (κ2) is 58.2. The molecule has 0 aromatic heterocycles. The zero-order chi connectivity index (χ0) is 8.83. The van der Waals surface area contributed by atoms with E-state index in [-0.39, 0.29) is 24.8 Å². The quantitative estimate of drug-likeness (QED) is 0.748. The van der Waals surface area contributed by atoms with E-state index in [1.54, 1.807) is 0 Å². The van der Waals surface area contributed by atoms with Gasteiger partial charge in [0, 0.05) is 13.2 Å². The average molecular weight is 393 g/mol. The van der Waals surface area contributed by atoms with Crippen molar-refractivity contribution in [1.82, 2.24) is 0 Å². The Hall–Kier alpha value is 0.988. The second-order valence-corrected chi connectivity index (χ2v) is 1.45. The first-order chi connectivity index (χ1) is 4.83. The van der Waals surface area contributed by atoms with Gasteiger partial charge in [-0.05, 0) is 12.8 Å². The van der Waals surface area contributed by atoms with E-state index < -0.39 is 0 Å². The second-order valence-electron chi connectivity index (χ2n) is 1.45. The third kappa shape index (κ3) is 123. The molecule has 6 heteroatoms. The maximum absolute atomic E-state index is 8.33. The van der Waals surface area contributed by atoms with Crippen molar-refractivity contribution in [2.75, 3.05) is 13.2 Å². The molecular formula is C6H18Cl2O3W. The van der Waals surface area contributed by atoms with Crippen molar-refractivity contribution in [3.63, 3.8) is 0 Å². The van der Waals surface area contributed by atoms with Crippen LogP contribution in [0.2, 0.25) is 0 Å². The van der Waals surface area contributed by atoms with Crippen LogP contribution in [0.3, 0.4) is 0 Å². The first-order valence-corrected chi connectivity index (χ1v) is 4.41. The SMILES string of the molecule is CCCO.CCCO.Cl.Cl.[O]=[W]. The first kappa shape index (κ1) is 29.3. The van der Waals surface area contributed by atoms with Crippen LogP contribution in [0.25, 0.3) is 0 Å². The first-order valence-electron chi connectivity index (χ1n) is 3.21. The predicted octanol–water partition coefficient (Wildman–Crippen LogP) is 1.50. The van der Waals surface area contributed by atoms with Crippen molar-refractivity contribution in [1.29, 1.82) is 0 Å². The molecule has 0 heterocycles. The van der Waals surface area contributed by atoms with E-state index >= 15 is 0 Å². The van der Waals surface area contributed by atoms with Gasteiger partial charge in [-0.3, -0.25) is 0 Å². The van der Waals surface area contributed by atoms with Crippen LogP contribution < -0.4 is 0 Å². The molecule has 0 aliphatic carbocycles.